The fourth-order valence-corrected chi connectivity index (χ4v) is 3.34. The van der Waals surface area contributed by atoms with Crippen LogP contribution in [0.25, 0.3) is 16.9 Å². The van der Waals surface area contributed by atoms with Crippen LogP contribution in [0.4, 0.5) is 19.0 Å². The fraction of sp³-hybridized carbons (Fsp3) is 0.316. The average Bonchev–Trinajstić information content (AvgIpc) is 3.30. The number of nitrogens with zero attached hydrogens (tertiary/aromatic N) is 4. The SMILES string of the molecule is CCOC(=O)c1c(N2CCCC2)nn2cc(F)c(-c3cc(F)ccc3F)nc12. The second-order valence-corrected chi connectivity index (χ2v) is 6.44. The molecule has 3 aromatic rings. The zero-order valence-electron chi connectivity index (χ0n) is 15.1. The maximum absolute atomic E-state index is 14.6. The lowest BCUT2D eigenvalue weighted by atomic mass is 10.1. The number of ether oxygens (including phenoxy) is 1. The number of esters is 1. The Morgan fingerprint density at radius 1 is 1.18 bits per heavy atom. The highest BCUT2D eigenvalue weighted by atomic mass is 19.1. The molecule has 4 rings (SSSR count). The molecule has 0 N–H and O–H groups in total. The first-order valence-corrected chi connectivity index (χ1v) is 8.96. The van der Waals surface area contributed by atoms with Crippen molar-refractivity contribution < 1.29 is 22.7 Å². The molecule has 28 heavy (non-hydrogen) atoms. The van der Waals surface area contributed by atoms with Crippen LogP contribution in [-0.2, 0) is 4.74 Å². The lowest BCUT2D eigenvalue weighted by Crippen LogP contribution is -2.21. The summed E-state index contributed by atoms with van der Waals surface area (Å²) in [6.45, 7) is 3.20. The van der Waals surface area contributed by atoms with Crippen LogP contribution in [0.3, 0.4) is 0 Å². The molecule has 1 aliphatic heterocycles. The standard InChI is InChI=1S/C19H17F3N4O2/c1-2-28-19(27)15-17-23-16(12-9-11(20)5-6-13(12)21)14(22)10-26(17)24-18(15)25-7-3-4-8-25/h5-6,9-10H,2-4,7-8H2,1H3. The van der Waals surface area contributed by atoms with E-state index in [-0.39, 0.29) is 23.4 Å². The smallest absolute Gasteiger partial charge is 0.345 e. The Labute approximate surface area is 158 Å². The molecule has 0 saturated carbocycles. The van der Waals surface area contributed by atoms with Gasteiger partial charge in [0.05, 0.1) is 12.8 Å². The largest absolute Gasteiger partial charge is 0.462 e. The monoisotopic (exact) mass is 390 g/mol. The molecule has 0 unspecified atom stereocenters. The van der Waals surface area contributed by atoms with E-state index in [1.165, 1.54) is 0 Å². The minimum absolute atomic E-state index is 0.0282. The van der Waals surface area contributed by atoms with Gasteiger partial charge in [0.15, 0.2) is 17.3 Å². The average molecular weight is 390 g/mol. The van der Waals surface area contributed by atoms with E-state index in [4.69, 9.17) is 4.74 Å². The molecule has 0 amide bonds. The van der Waals surface area contributed by atoms with E-state index in [2.05, 4.69) is 10.1 Å². The summed E-state index contributed by atoms with van der Waals surface area (Å²) in [4.78, 5) is 18.6. The van der Waals surface area contributed by atoms with Gasteiger partial charge in [0.1, 0.15) is 22.9 Å². The molecular formula is C19H17F3N4O2. The molecule has 6 nitrogen and oxygen atoms in total. The van der Waals surface area contributed by atoms with Gasteiger partial charge in [-0.05, 0) is 38.0 Å². The number of rotatable bonds is 4. The molecule has 146 valence electrons. The van der Waals surface area contributed by atoms with Crippen LogP contribution < -0.4 is 4.90 Å². The predicted octanol–water partition coefficient (Wildman–Crippen LogP) is 3.59. The minimum Gasteiger partial charge on any atom is -0.462 e. The summed E-state index contributed by atoms with van der Waals surface area (Å²) < 4.78 is 48.7. The molecule has 0 radical (unpaired) electrons. The van der Waals surface area contributed by atoms with Gasteiger partial charge in [0, 0.05) is 18.7 Å². The van der Waals surface area contributed by atoms with Gasteiger partial charge in [-0.1, -0.05) is 0 Å². The molecule has 3 heterocycles. The maximum Gasteiger partial charge on any atom is 0.345 e. The Morgan fingerprint density at radius 2 is 1.93 bits per heavy atom. The molecular weight excluding hydrogens is 373 g/mol. The Kier molecular flexibility index (Phi) is 4.66. The van der Waals surface area contributed by atoms with Gasteiger partial charge in [-0.15, -0.1) is 5.10 Å². The number of benzene rings is 1. The zero-order valence-corrected chi connectivity index (χ0v) is 15.1. The van der Waals surface area contributed by atoms with Crippen molar-refractivity contribution in [3.8, 4) is 11.3 Å². The van der Waals surface area contributed by atoms with E-state index in [0.717, 1.165) is 41.8 Å². The van der Waals surface area contributed by atoms with E-state index in [1.807, 2.05) is 4.90 Å². The second kappa shape index (κ2) is 7.14. The molecule has 1 fully saturated rings. The van der Waals surface area contributed by atoms with Crippen molar-refractivity contribution in [2.75, 3.05) is 24.6 Å². The van der Waals surface area contributed by atoms with Crippen LogP contribution in [0.2, 0.25) is 0 Å². The number of halogens is 3. The first kappa shape index (κ1) is 18.3. The van der Waals surface area contributed by atoms with Crippen molar-refractivity contribution in [1.82, 2.24) is 14.6 Å². The van der Waals surface area contributed by atoms with Crippen LogP contribution in [0.1, 0.15) is 30.1 Å². The Bertz CT molecular complexity index is 1060. The highest BCUT2D eigenvalue weighted by Crippen LogP contribution is 2.30. The van der Waals surface area contributed by atoms with Gasteiger partial charge in [-0.2, -0.15) is 0 Å². The molecule has 1 aromatic carbocycles. The second-order valence-electron chi connectivity index (χ2n) is 6.44. The van der Waals surface area contributed by atoms with Crippen LogP contribution in [0, 0.1) is 17.5 Å². The topological polar surface area (TPSA) is 59.7 Å². The van der Waals surface area contributed by atoms with Gasteiger partial charge >= 0.3 is 5.97 Å². The van der Waals surface area contributed by atoms with Crippen molar-refractivity contribution in [1.29, 1.82) is 0 Å². The maximum atomic E-state index is 14.6. The van der Waals surface area contributed by atoms with Crippen LogP contribution in [0.15, 0.2) is 24.4 Å². The third-order valence-electron chi connectivity index (χ3n) is 4.61. The first-order chi connectivity index (χ1) is 13.5. The minimum atomic E-state index is -0.886. The van der Waals surface area contributed by atoms with Crippen LogP contribution >= 0.6 is 0 Å². The van der Waals surface area contributed by atoms with Crippen LogP contribution in [0.5, 0.6) is 0 Å². The lowest BCUT2D eigenvalue weighted by molar-refractivity contribution is 0.0529. The number of hydrogen-bond donors (Lipinski definition) is 0. The Balaban J connectivity index is 1.95. The third kappa shape index (κ3) is 3.06. The normalized spacial score (nSPS) is 14.1. The molecule has 0 aliphatic carbocycles. The van der Waals surface area contributed by atoms with E-state index in [0.29, 0.717) is 18.9 Å². The number of carbonyl (C=O) groups excluding carboxylic acids is 1. The molecule has 0 bridgehead atoms. The van der Waals surface area contributed by atoms with Crippen LogP contribution in [-0.4, -0.2) is 40.3 Å². The van der Waals surface area contributed by atoms with Gasteiger partial charge in [0.25, 0.3) is 0 Å². The molecule has 1 saturated heterocycles. The van der Waals surface area contributed by atoms with Gasteiger partial charge in [-0.25, -0.2) is 27.5 Å². The number of hydrogen-bond acceptors (Lipinski definition) is 5. The van der Waals surface area contributed by atoms with E-state index >= 15 is 0 Å². The van der Waals surface area contributed by atoms with Gasteiger partial charge < -0.3 is 9.64 Å². The Morgan fingerprint density at radius 3 is 2.64 bits per heavy atom. The lowest BCUT2D eigenvalue weighted by Gasteiger charge is -2.15. The summed E-state index contributed by atoms with van der Waals surface area (Å²) in [5, 5.41) is 4.31. The predicted molar refractivity (Wildman–Crippen MR) is 95.7 cm³/mol. The highest BCUT2D eigenvalue weighted by molar-refractivity contribution is 6.01. The number of fused-ring (bicyclic) bond motifs is 1. The molecule has 9 heteroatoms. The fourth-order valence-electron chi connectivity index (χ4n) is 3.34. The summed E-state index contributed by atoms with van der Waals surface area (Å²) in [6, 6.07) is 2.69. The highest BCUT2D eigenvalue weighted by Gasteiger charge is 2.29. The van der Waals surface area contributed by atoms with Gasteiger partial charge in [-0.3, -0.25) is 0 Å². The first-order valence-electron chi connectivity index (χ1n) is 8.96. The molecule has 0 atom stereocenters. The summed E-state index contributed by atoms with van der Waals surface area (Å²) in [7, 11) is 0. The quantitative estimate of drug-likeness (QED) is 0.637. The van der Waals surface area contributed by atoms with Crippen molar-refractivity contribution in [3.63, 3.8) is 0 Å². The number of carbonyl (C=O) groups is 1. The summed E-state index contributed by atoms with van der Waals surface area (Å²) in [6.07, 6.45) is 2.89. The van der Waals surface area contributed by atoms with E-state index in [1.54, 1.807) is 6.92 Å². The van der Waals surface area contributed by atoms with Gasteiger partial charge in [0.2, 0.25) is 0 Å². The van der Waals surface area contributed by atoms with Crippen molar-refractivity contribution >= 4 is 17.4 Å². The number of anilines is 1. The summed E-state index contributed by atoms with van der Waals surface area (Å²) in [5.41, 5.74) is -0.621. The number of aromatic nitrogens is 3. The molecule has 0 spiro atoms. The Hall–Kier alpha value is -3.10. The summed E-state index contributed by atoms with van der Waals surface area (Å²) in [5.74, 6) is -2.74. The van der Waals surface area contributed by atoms with Crippen molar-refractivity contribution in [2.45, 2.75) is 19.8 Å². The van der Waals surface area contributed by atoms with Crippen molar-refractivity contribution in [3.05, 3.63) is 47.4 Å². The third-order valence-corrected chi connectivity index (χ3v) is 4.61. The zero-order chi connectivity index (χ0) is 19.8. The summed E-state index contributed by atoms with van der Waals surface area (Å²) >= 11 is 0. The molecule has 1 aliphatic rings. The van der Waals surface area contributed by atoms with E-state index in [9.17, 15) is 18.0 Å². The molecule has 2 aromatic heterocycles. The van der Waals surface area contributed by atoms with E-state index < -0.39 is 29.1 Å². The van der Waals surface area contributed by atoms with Crippen molar-refractivity contribution in [2.24, 2.45) is 0 Å².